The van der Waals surface area contributed by atoms with Crippen molar-refractivity contribution in [3.8, 4) is 0 Å². The second-order valence-electron chi connectivity index (χ2n) is 14.7. The number of aliphatic hydroxyl groups is 4. The van der Waals surface area contributed by atoms with Crippen molar-refractivity contribution in [3.05, 3.63) is 23.3 Å². The highest BCUT2D eigenvalue weighted by Gasteiger charge is 2.68. The van der Waals surface area contributed by atoms with Gasteiger partial charge < -0.3 is 20.4 Å². The summed E-state index contributed by atoms with van der Waals surface area (Å²) in [5, 5.41) is 43.6. The molecule has 5 aliphatic carbocycles. The Kier molecular flexibility index (Phi) is 5.46. The number of aliphatic hydroxyl groups excluding tert-OH is 4. The van der Waals surface area contributed by atoms with E-state index in [2.05, 4.69) is 53.7 Å². The number of allylic oxidation sites excluding steroid dienone is 3. The first-order valence-electron chi connectivity index (χ1n) is 13.7. The third-order valence-electron chi connectivity index (χ3n) is 12.7. The summed E-state index contributed by atoms with van der Waals surface area (Å²) in [6.45, 7) is 14.1. The monoisotopic (exact) mass is 472 g/mol. The Labute approximate surface area is 206 Å². The first kappa shape index (κ1) is 25.0. The van der Waals surface area contributed by atoms with Gasteiger partial charge in [-0.2, -0.15) is 0 Å². The highest BCUT2D eigenvalue weighted by atomic mass is 16.3. The summed E-state index contributed by atoms with van der Waals surface area (Å²) in [5.41, 5.74) is 1.75. The molecule has 4 heteroatoms. The molecule has 0 bridgehead atoms. The maximum absolute atomic E-state index is 11.7. The Hall–Kier alpha value is -0.680. The van der Waals surface area contributed by atoms with E-state index in [0.717, 1.165) is 44.9 Å². The zero-order chi connectivity index (χ0) is 24.9. The maximum Gasteiger partial charge on any atom is 0.0664 e. The van der Waals surface area contributed by atoms with Gasteiger partial charge in [-0.3, -0.25) is 0 Å². The van der Waals surface area contributed by atoms with Crippen LogP contribution in [0.25, 0.3) is 0 Å². The van der Waals surface area contributed by atoms with E-state index >= 15 is 0 Å². The second-order valence-corrected chi connectivity index (χ2v) is 14.7. The normalized spacial score (nSPS) is 54.1. The fourth-order valence-electron chi connectivity index (χ4n) is 10.1. The molecule has 0 heterocycles. The highest BCUT2D eigenvalue weighted by Crippen LogP contribution is 2.74. The lowest BCUT2D eigenvalue weighted by Crippen LogP contribution is -2.65. The maximum atomic E-state index is 11.7. The van der Waals surface area contributed by atoms with Crippen LogP contribution in [-0.2, 0) is 0 Å². The molecule has 0 amide bonds. The second kappa shape index (κ2) is 7.43. The Morgan fingerprint density at radius 1 is 0.853 bits per heavy atom. The molecule has 34 heavy (non-hydrogen) atoms. The van der Waals surface area contributed by atoms with E-state index in [0.29, 0.717) is 12.3 Å². The van der Waals surface area contributed by atoms with Gasteiger partial charge in [-0.15, -0.1) is 0 Å². The van der Waals surface area contributed by atoms with E-state index in [1.807, 2.05) is 0 Å². The molecule has 5 aliphatic rings. The molecule has 0 aromatic heterocycles. The lowest BCUT2D eigenvalue weighted by molar-refractivity contribution is -0.203. The predicted molar refractivity (Wildman–Crippen MR) is 135 cm³/mol. The molecule has 0 radical (unpaired) electrons. The smallest absolute Gasteiger partial charge is 0.0664 e. The first-order chi connectivity index (χ1) is 15.7. The average Bonchev–Trinajstić information content (AvgIpc) is 2.77. The van der Waals surface area contributed by atoms with Crippen LogP contribution in [0, 0.1) is 44.3 Å². The average molecular weight is 473 g/mol. The summed E-state index contributed by atoms with van der Waals surface area (Å²) in [6, 6.07) is 0. The minimum atomic E-state index is -0.525. The van der Waals surface area contributed by atoms with Crippen LogP contribution in [0.15, 0.2) is 23.3 Å². The molecule has 4 nitrogen and oxygen atoms in total. The van der Waals surface area contributed by atoms with E-state index in [9.17, 15) is 20.4 Å². The summed E-state index contributed by atoms with van der Waals surface area (Å²) >= 11 is 0. The fourth-order valence-corrected chi connectivity index (χ4v) is 10.1. The molecule has 9 atom stereocenters. The van der Waals surface area contributed by atoms with Gasteiger partial charge in [0.2, 0.25) is 0 Å². The van der Waals surface area contributed by atoms with Crippen LogP contribution >= 0.6 is 0 Å². The molecule has 0 aromatic carbocycles. The quantitative estimate of drug-likeness (QED) is 0.456. The molecule has 0 aliphatic heterocycles. The number of hydrogen-bond donors (Lipinski definition) is 4. The molecule has 0 unspecified atom stereocenters. The van der Waals surface area contributed by atoms with Crippen molar-refractivity contribution in [1.82, 2.24) is 0 Å². The van der Waals surface area contributed by atoms with Gasteiger partial charge in [0.15, 0.2) is 0 Å². The van der Waals surface area contributed by atoms with Gasteiger partial charge in [0.25, 0.3) is 0 Å². The van der Waals surface area contributed by atoms with Crippen molar-refractivity contribution >= 4 is 0 Å². The number of hydrogen-bond acceptors (Lipinski definition) is 4. The highest BCUT2D eigenvalue weighted by molar-refractivity contribution is 5.47. The van der Waals surface area contributed by atoms with Crippen molar-refractivity contribution in [2.24, 2.45) is 44.3 Å². The third-order valence-corrected chi connectivity index (χ3v) is 12.7. The standard InChI is InChI=1S/C30H48O4/c1-25(2)13-14-30(18-32)20(15-25)19-7-8-22-26(3)11-10-23(33)27(4,17-31)21(26)9-12-28(22,5)29(19,6)16-24(30)34/h7-8,21-24,31-34H,9-18H2,1-6H3/t21-,22-,23+,24+,26+,27+,28-,29-,30-/m0/s1. The van der Waals surface area contributed by atoms with Crippen LogP contribution in [0.2, 0.25) is 0 Å². The zero-order valence-corrected chi connectivity index (χ0v) is 22.3. The molecule has 5 rings (SSSR count). The lowest BCUT2D eigenvalue weighted by atomic mass is 9.35. The summed E-state index contributed by atoms with van der Waals surface area (Å²) in [6.07, 6.45) is 11.1. The van der Waals surface area contributed by atoms with Crippen LogP contribution in [0.4, 0.5) is 0 Å². The summed E-state index contributed by atoms with van der Waals surface area (Å²) in [7, 11) is 0. The molecule has 0 spiro atoms. The van der Waals surface area contributed by atoms with Crippen molar-refractivity contribution in [3.63, 3.8) is 0 Å². The molecule has 3 saturated carbocycles. The minimum Gasteiger partial charge on any atom is -0.396 e. The molecule has 192 valence electrons. The van der Waals surface area contributed by atoms with Crippen LogP contribution in [-0.4, -0.2) is 45.8 Å². The van der Waals surface area contributed by atoms with Crippen LogP contribution in [0.5, 0.6) is 0 Å². The topological polar surface area (TPSA) is 80.9 Å². The van der Waals surface area contributed by atoms with Crippen LogP contribution < -0.4 is 0 Å². The molecule has 3 fully saturated rings. The Bertz CT molecular complexity index is 921. The molecule has 4 N–H and O–H groups in total. The first-order valence-corrected chi connectivity index (χ1v) is 13.7. The van der Waals surface area contributed by atoms with E-state index in [1.165, 1.54) is 11.1 Å². The Balaban J connectivity index is 1.68. The minimum absolute atomic E-state index is 0.00171. The molecular formula is C30H48O4. The number of fused-ring (bicyclic) bond motifs is 6. The molecule has 0 saturated heterocycles. The molecular weight excluding hydrogens is 424 g/mol. The van der Waals surface area contributed by atoms with Gasteiger partial charge in [-0.1, -0.05) is 59.3 Å². The summed E-state index contributed by atoms with van der Waals surface area (Å²) in [5.74, 6) is 0.602. The third kappa shape index (κ3) is 2.86. The Morgan fingerprint density at radius 2 is 1.56 bits per heavy atom. The summed E-state index contributed by atoms with van der Waals surface area (Å²) < 4.78 is 0. The van der Waals surface area contributed by atoms with Gasteiger partial charge in [-0.05, 0) is 85.0 Å². The number of rotatable bonds is 2. The summed E-state index contributed by atoms with van der Waals surface area (Å²) in [4.78, 5) is 0. The van der Waals surface area contributed by atoms with Gasteiger partial charge in [0.05, 0.1) is 25.4 Å². The lowest BCUT2D eigenvalue weighted by Gasteiger charge is -2.70. The van der Waals surface area contributed by atoms with Crippen molar-refractivity contribution in [1.29, 1.82) is 0 Å². The largest absolute Gasteiger partial charge is 0.396 e. The van der Waals surface area contributed by atoms with E-state index < -0.39 is 23.0 Å². The van der Waals surface area contributed by atoms with Crippen molar-refractivity contribution in [2.75, 3.05) is 13.2 Å². The zero-order valence-electron chi connectivity index (χ0n) is 22.3. The van der Waals surface area contributed by atoms with Gasteiger partial charge in [0.1, 0.15) is 0 Å². The van der Waals surface area contributed by atoms with Crippen molar-refractivity contribution < 1.29 is 20.4 Å². The van der Waals surface area contributed by atoms with Crippen molar-refractivity contribution in [2.45, 2.75) is 105 Å². The van der Waals surface area contributed by atoms with E-state index in [1.54, 1.807) is 0 Å². The van der Waals surface area contributed by atoms with E-state index in [4.69, 9.17) is 0 Å². The molecule has 0 aromatic rings. The van der Waals surface area contributed by atoms with E-state index in [-0.39, 0.29) is 40.8 Å². The predicted octanol–water partition coefficient (Wildman–Crippen LogP) is 5.00. The van der Waals surface area contributed by atoms with Crippen LogP contribution in [0.1, 0.15) is 92.9 Å². The Morgan fingerprint density at radius 3 is 2.21 bits per heavy atom. The fraction of sp³-hybridized carbons (Fsp3) is 0.867. The SMILES string of the molecule is CC1(C)CC[C@]2(CO)C(=C3C=C[C@H]4[C@]5(C)CC[C@@H](O)[C@](C)(CO)[C@H]5CC[C@]4(C)[C@@]3(C)C[C@H]2O)C1. The van der Waals surface area contributed by atoms with Gasteiger partial charge in [0, 0.05) is 16.2 Å². The van der Waals surface area contributed by atoms with Gasteiger partial charge >= 0.3 is 0 Å². The van der Waals surface area contributed by atoms with Crippen LogP contribution in [0.3, 0.4) is 0 Å². The van der Waals surface area contributed by atoms with Gasteiger partial charge in [-0.25, -0.2) is 0 Å².